The molecular weight excluding hydrogens is 558 g/mol. The SMILES string of the molecule is c1ccc(-c2ccc(-c3cc(-c4ccc(-c5ccc6ccccc6c5)cc4)nc(-c4ccc(-c5ccncc5)cc4)n3)cc2)cc1. The fraction of sp³-hybridized carbons (Fsp3) is 0. The van der Waals surface area contributed by atoms with Crippen molar-refractivity contribution in [2.45, 2.75) is 0 Å². The maximum absolute atomic E-state index is 5.09. The summed E-state index contributed by atoms with van der Waals surface area (Å²) in [6.07, 6.45) is 3.63. The molecule has 0 bridgehead atoms. The Morgan fingerprint density at radius 1 is 0.283 bits per heavy atom. The third kappa shape index (κ3) is 5.58. The van der Waals surface area contributed by atoms with E-state index < -0.39 is 0 Å². The number of nitrogens with zero attached hydrogens (tertiary/aromatic N) is 3. The summed E-state index contributed by atoms with van der Waals surface area (Å²) < 4.78 is 0. The van der Waals surface area contributed by atoms with Gasteiger partial charge in [0, 0.05) is 29.1 Å². The van der Waals surface area contributed by atoms with E-state index in [1.807, 2.05) is 30.6 Å². The van der Waals surface area contributed by atoms with Gasteiger partial charge in [-0.25, -0.2) is 9.97 Å². The highest BCUT2D eigenvalue weighted by Crippen LogP contribution is 2.32. The molecule has 3 nitrogen and oxygen atoms in total. The maximum atomic E-state index is 5.09. The standard InChI is InChI=1S/C43H29N3/c1-2-6-30(7-3-1)32-10-17-36(18-11-32)41-29-42(46-43(45-41)38-21-14-33(15-22-38)35-24-26-44-27-25-35)37-19-12-34(13-20-37)40-23-16-31-8-4-5-9-39(31)28-40/h1-29H. The lowest BCUT2D eigenvalue weighted by atomic mass is 9.99. The van der Waals surface area contributed by atoms with E-state index in [1.165, 1.54) is 33.0 Å². The number of pyridine rings is 1. The van der Waals surface area contributed by atoms with E-state index in [4.69, 9.17) is 9.97 Å². The number of hydrogen-bond acceptors (Lipinski definition) is 3. The van der Waals surface area contributed by atoms with Crippen molar-refractivity contribution in [3.8, 4) is 67.3 Å². The molecule has 0 radical (unpaired) electrons. The maximum Gasteiger partial charge on any atom is 0.160 e. The van der Waals surface area contributed by atoms with Crippen LogP contribution < -0.4 is 0 Å². The zero-order valence-electron chi connectivity index (χ0n) is 25.1. The van der Waals surface area contributed by atoms with Crippen molar-refractivity contribution in [1.29, 1.82) is 0 Å². The van der Waals surface area contributed by atoms with Crippen molar-refractivity contribution >= 4 is 10.8 Å². The summed E-state index contributed by atoms with van der Waals surface area (Å²) in [6.45, 7) is 0. The Kier molecular flexibility index (Phi) is 7.18. The number of fused-ring (bicyclic) bond motifs is 1. The van der Waals surface area contributed by atoms with Crippen LogP contribution in [0.4, 0.5) is 0 Å². The summed E-state index contributed by atoms with van der Waals surface area (Å²) in [5.74, 6) is 0.694. The first-order valence-electron chi connectivity index (χ1n) is 15.4. The van der Waals surface area contributed by atoms with Gasteiger partial charge < -0.3 is 0 Å². The first-order chi connectivity index (χ1) is 22.8. The van der Waals surface area contributed by atoms with Gasteiger partial charge in [0.25, 0.3) is 0 Å². The van der Waals surface area contributed by atoms with Crippen molar-refractivity contribution in [3.63, 3.8) is 0 Å². The van der Waals surface area contributed by atoms with Crippen LogP contribution in [0, 0.1) is 0 Å². The van der Waals surface area contributed by atoms with E-state index in [0.717, 1.165) is 39.2 Å². The fourth-order valence-electron chi connectivity index (χ4n) is 5.89. The number of benzene rings is 6. The van der Waals surface area contributed by atoms with Crippen LogP contribution in [-0.4, -0.2) is 15.0 Å². The van der Waals surface area contributed by atoms with Gasteiger partial charge in [-0.05, 0) is 68.4 Å². The zero-order chi connectivity index (χ0) is 30.7. The van der Waals surface area contributed by atoms with Gasteiger partial charge in [0.05, 0.1) is 11.4 Å². The molecule has 8 aromatic rings. The van der Waals surface area contributed by atoms with Crippen LogP contribution in [0.15, 0.2) is 176 Å². The molecule has 0 spiro atoms. The van der Waals surface area contributed by atoms with Gasteiger partial charge in [0.2, 0.25) is 0 Å². The van der Waals surface area contributed by atoms with E-state index >= 15 is 0 Å². The second-order valence-corrected chi connectivity index (χ2v) is 11.4. The Hall–Kier alpha value is -6.19. The molecule has 0 atom stereocenters. The molecule has 2 aromatic heterocycles. The van der Waals surface area contributed by atoms with Crippen molar-refractivity contribution in [2.75, 3.05) is 0 Å². The second kappa shape index (κ2) is 12.1. The van der Waals surface area contributed by atoms with Gasteiger partial charge in [-0.2, -0.15) is 0 Å². The topological polar surface area (TPSA) is 38.7 Å². The minimum Gasteiger partial charge on any atom is -0.265 e. The second-order valence-electron chi connectivity index (χ2n) is 11.4. The lowest BCUT2D eigenvalue weighted by molar-refractivity contribution is 1.18. The molecule has 46 heavy (non-hydrogen) atoms. The predicted molar refractivity (Wildman–Crippen MR) is 190 cm³/mol. The highest BCUT2D eigenvalue weighted by Gasteiger charge is 2.12. The van der Waals surface area contributed by atoms with Crippen LogP contribution >= 0.6 is 0 Å². The highest BCUT2D eigenvalue weighted by atomic mass is 14.9. The molecule has 0 saturated carbocycles. The largest absolute Gasteiger partial charge is 0.265 e. The number of rotatable bonds is 6. The first kappa shape index (κ1) is 27.4. The molecule has 2 heterocycles. The van der Waals surface area contributed by atoms with Crippen LogP contribution in [0.1, 0.15) is 0 Å². The van der Waals surface area contributed by atoms with Crippen LogP contribution in [0.3, 0.4) is 0 Å². The Morgan fingerprint density at radius 3 is 1.33 bits per heavy atom. The van der Waals surface area contributed by atoms with Crippen LogP contribution in [0.2, 0.25) is 0 Å². The molecule has 216 valence electrons. The summed E-state index contributed by atoms with van der Waals surface area (Å²) in [5.41, 5.74) is 11.8. The van der Waals surface area contributed by atoms with Crippen LogP contribution in [-0.2, 0) is 0 Å². The summed E-state index contributed by atoms with van der Waals surface area (Å²) in [5, 5.41) is 2.48. The monoisotopic (exact) mass is 587 g/mol. The van der Waals surface area contributed by atoms with Crippen molar-refractivity contribution < 1.29 is 0 Å². The molecule has 0 aliphatic carbocycles. The quantitative estimate of drug-likeness (QED) is 0.194. The van der Waals surface area contributed by atoms with Gasteiger partial charge in [-0.15, -0.1) is 0 Å². The molecule has 0 aliphatic heterocycles. The molecule has 0 fully saturated rings. The lowest BCUT2D eigenvalue weighted by Gasteiger charge is -2.11. The third-order valence-electron chi connectivity index (χ3n) is 8.43. The van der Waals surface area contributed by atoms with E-state index in [1.54, 1.807) is 0 Å². The van der Waals surface area contributed by atoms with Crippen molar-refractivity contribution in [1.82, 2.24) is 15.0 Å². The Labute approximate surface area is 268 Å². The molecule has 0 amide bonds. The van der Waals surface area contributed by atoms with Crippen LogP contribution in [0.25, 0.3) is 78.1 Å². The van der Waals surface area contributed by atoms with Crippen molar-refractivity contribution in [3.05, 3.63) is 176 Å². The Balaban J connectivity index is 1.18. The summed E-state index contributed by atoms with van der Waals surface area (Å²) in [4.78, 5) is 14.3. The summed E-state index contributed by atoms with van der Waals surface area (Å²) in [6, 6.07) is 57.4. The van der Waals surface area contributed by atoms with E-state index in [0.29, 0.717) is 5.82 Å². The van der Waals surface area contributed by atoms with Gasteiger partial charge in [0.15, 0.2) is 5.82 Å². The smallest absolute Gasteiger partial charge is 0.160 e. The van der Waals surface area contributed by atoms with Gasteiger partial charge in [0.1, 0.15) is 0 Å². The normalized spacial score (nSPS) is 11.0. The summed E-state index contributed by atoms with van der Waals surface area (Å²) in [7, 11) is 0. The van der Waals surface area contributed by atoms with E-state index in [9.17, 15) is 0 Å². The molecular formula is C43H29N3. The summed E-state index contributed by atoms with van der Waals surface area (Å²) >= 11 is 0. The molecule has 0 saturated heterocycles. The minimum atomic E-state index is 0.694. The third-order valence-corrected chi connectivity index (χ3v) is 8.43. The van der Waals surface area contributed by atoms with Gasteiger partial charge in [-0.3, -0.25) is 4.98 Å². The average Bonchev–Trinajstić information content (AvgIpc) is 3.15. The Bertz CT molecular complexity index is 2160. The van der Waals surface area contributed by atoms with Gasteiger partial charge in [-0.1, -0.05) is 140 Å². The zero-order valence-corrected chi connectivity index (χ0v) is 25.1. The molecule has 8 rings (SSSR count). The first-order valence-corrected chi connectivity index (χ1v) is 15.4. The Morgan fingerprint density at radius 2 is 0.717 bits per heavy atom. The highest BCUT2D eigenvalue weighted by molar-refractivity contribution is 5.87. The van der Waals surface area contributed by atoms with Crippen molar-refractivity contribution in [2.24, 2.45) is 0 Å². The van der Waals surface area contributed by atoms with Crippen LogP contribution in [0.5, 0.6) is 0 Å². The van der Waals surface area contributed by atoms with Gasteiger partial charge >= 0.3 is 0 Å². The van der Waals surface area contributed by atoms with E-state index in [2.05, 4.69) is 151 Å². The minimum absolute atomic E-state index is 0.694. The predicted octanol–water partition coefficient (Wildman–Crippen LogP) is 11.0. The number of aromatic nitrogens is 3. The fourth-order valence-corrected chi connectivity index (χ4v) is 5.89. The van der Waals surface area contributed by atoms with E-state index in [-0.39, 0.29) is 0 Å². The molecule has 0 aliphatic rings. The lowest BCUT2D eigenvalue weighted by Crippen LogP contribution is -1.96. The number of hydrogen-bond donors (Lipinski definition) is 0. The molecule has 0 N–H and O–H groups in total. The molecule has 0 unspecified atom stereocenters. The molecule has 6 aromatic carbocycles. The molecule has 3 heteroatoms. The average molecular weight is 588 g/mol.